The molecule has 0 spiro atoms. The van der Waals surface area contributed by atoms with Crippen LogP contribution in [0.4, 0.5) is 4.79 Å². The number of aliphatic hydroxyl groups is 1. The zero-order valence-corrected chi connectivity index (χ0v) is 14.7. The molecule has 0 bridgehead atoms. The van der Waals surface area contributed by atoms with Gasteiger partial charge in [-0.15, -0.1) is 0 Å². The summed E-state index contributed by atoms with van der Waals surface area (Å²) in [6.45, 7) is 3.51. The van der Waals surface area contributed by atoms with E-state index < -0.39 is 17.7 Å². The van der Waals surface area contributed by atoms with Crippen molar-refractivity contribution in [2.45, 2.75) is 25.5 Å². The Labute approximate surface area is 151 Å². The summed E-state index contributed by atoms with van der Waals surface area (Å²) in [6, 6.07) is 13.6. The number of hydrogen-bond acceptors (Lipinski definition) is 3. The van der Waals surface area contributed by atoms with Crippen LogP contribution in [0.3, 0.4) is 0 Å². The summed E-state index contributed by atoms with van der Waals surface area (Å²) >= 11 is 5.84. The number of imide groups is 1. The van der Waals surface area contributed by atoms with Crippen LogP contribution < -0.4 is 5.32 Å². The molecule has 1 fully saturated rings. The molecule has 3 amide bonds. The number of hydrogen-bond donors (Lipinski definition) is 2. The van der Waals surface area contributed by atoms with Crippen molar-refractivity contribution in [3.05, 3.63) is 70.2 Å². The number of rotatable bonds is 4. The Bertz CT molecular complexity index is 804. The van der Waals surface area contributed by atoms with E-state index >= 15 is 0 Å². The minimum atomic E-state index is -1.13. The zero-order valence-electron chi connectivity index (χ0n) is 14.0. The molecule has 2 aromatic rings. The number of aliphatic hydroxyl groups excluding tert-OH is 1. The molecule has 2 unspecified atom stereocenters. The Morgan fingerprint density at radius 3 is 2.32 bits per heavy atom. The molecule has 1 aliphatic rings. The van der Waals surface area contributed by atoms with E-state index in [0.29, 0.717) is 16.1 Å². The number of carbonyl (C=O) groups is 2. The van der Waals surface area contributed by atoms with E-state index in [1.54, 1.807) is 31.2 Å². The van der Waals surface area contributed by atoms with Gasteiger partial charge in [0, 0.05) is 5.02 Å². The molecule has 1 heterocycles. The first kappa shape index (κ1) is 17.5. The summed E-state index contributed by atoms with van der Waals surface area (Å²) in [4.78, 5) is 26.2. The average molecular weight is 359 g/mol. The van der Waals surface area contributed by atoms with Gasteiger partial charge in [-0.3, -0.25) is 9.69 Å². The van der Waals surface area contributed by atoms with Crippen LogP contribution in [0.5, 0.6) is 0 Å². The number of benzene rings is 2. The lowest BCUT2D eigenvalue weighted by atomic mass is 9.91. The largest absolute Gasteiger partial charge is 0.387 e. The van der Waals surface area contributed by atoms with E-state index in [1.165, 1.54) is 0 Å². The number of halogens is 1. The molecule has 0 aromatic heterocycles. The highest BCUT2D eigenvalue weighted by molar-refractivity contribution is 6.30. The minimum absolute atomic E-state index is 0.117. The van der Waals surface area contributed by atoms with Crippen molar-refractivity contribution in [1.29, 1.82) is 0 Å². The van der Waals surface area contributed by atoms with Crippen molar-refractivity contribution in [3.8, 4) is 0 Å². The molecule has 6 heteroatoms. The number of nitrogens with zero attached hydrogens (tertiary/aromatic N) is 1. The highest BCUT2D eigenvalue weighted by Gasteiger charge is 2.49. The topological polar surface area (TPSA) is 69.6 Å². The number of urea groups is 1. The fourth-order valence-corrected chi connectivity index (χ4v) is 3.03. The molecule has 3 rings (SSSR count). The smallest absolute Gasteiger partial charge is 0.325 e. The van der Waals surface area contributed by atoms with E-state index in [0.717, 1.165) is 10.5 Å². The number of carbonyl (C=O) groups excluding carboxylic acids is 2. The standard InChI is InChI=1S/C19H19ClN2O3/c1-12-3-7-14(8-4-12)19(2)17(24)22(18(25)21-19)11-16(23)13-5-9-15(20)10-6-13/h3-10,16,23H,11H2,1-2H3,(H,21,25). The van der Waals surface area contributed by atoms with Gasteiger partial charge in [-0.05, 0) is 37.1 Å². The van der Waals surface area contributed by atoms with E-state index in [9.17, 15) is 14.7 Å². The van der Waals surface area contributed by atoms with Gasteiger partial charge in [0.15, 0.2) is 0 Å². The van der Waals surface area contributed by atoms with Crippen molar-refractivity contribution >= 4 is 23.5 Å². The van der Waals surface area contributed by atoms with Gasteiger partial charge >= 0.3 is 6.03 Å². The van der Waals surface area contributed by atoms with Crippen molar-refractivity contribution in [2.24, 2.45) is 0 Å². The third-order valence-electron chi connectivity index (χ3n) is 4.51. The lowest BCUT2D eigenvalue weighted by Crippen LogP contribution is -2.41. The summed E-state index contributed by atoms with van der Waals surface area (Å²) in [5, 5.41) is 13.7. The molecule has 2 atom stereocenters. The van der Waals surface area contributed by atoms with Crippen LogP contribution in [0.15, 0.2) is 48.5 Å². The minimum Gasteiger partial charge on any atom is -0.387 e. The summed E-state index contributed by atoms with van der Waals surface area (Å²) in [6.07, 6.45) is -0.979. The van der Waals surface area contributed by atoms with Gasteiger partial charge in [-0.2, -0.15) is 0 Å². The summed E-state index contributed by atoms with van der Waals surface area (Å²) in [5.41, 5.74) is 1.23. The summed E-state index contributed by atoms with van der Waals surface area (Å²) in [5.74, 6) is -0.380. The van der Waals surface area contributed by atoms with Gasteiger partial charge < -0.3 is 10.4 Å². The van der Waals surface area contributed by atoms with Gasteiger partial charge in [-0.25, -0.2) is 4.79 Å². The zero-order chi connectivity index (χ0) is 18.2. The SMILES string of the molecule is Cc1ccc(C2(C)NC(=O)N(CC(O)c3ccc(Cl)cc3)C2=O)cc1. The van der Waals surface area contributed by atoms with Crippen molar-refractivity contribution in [3.63, 3.8) is 0 Å². The number of aryl methyl sites for hydroxylation is 1. The molecular weight excluding hydrogens is 340 g/mol. The number of nitrogens with one attached hydrogen (secondary N) is 1. The third kappa shape index (κ3) is 3.25. The maximum Gasteiger partial charge on any atom is 0.325 e. The van der Waals surface area contributed by atoms with Crippen molar-refractivity contribution < 1.29 is 14.7 Å². The third-order valence-corrected chi connectivity index (χ3v) is 4.77. The number of amides is 3. The van der Waals surface area contributed by atoms with Crippen LogP contribution in [-0.4, -0.2) is 28.5 Å². The molecule has 1 saturated heterocycles. The lowest BCUT2D eigenvalue weighted by Gasteiger charge is -2.23. The highest BCUT2D eigenvalue weighted by Crippen LogP contribution is 2.30. The Kier molecular flexibility index (Phi) is 4.54. The lowest BCUT2D eigenvalue weighted by molar-refractivity contribution is -0.132. The van der Waals surface area contributed by atoms with Gasteiger partial charge in [-0.1, -0.05) is 53.6 Å². The molecule has 25 heavy (non-hydrogen) atoms. The van der Waals surface area contributed by atoms with E-state index in [2.05, 4.69) is 5.32 Å². The second-order valence-corrected chi connectivity index (χ2v) is 6.84. The average Bonchev–Trinajstić information content (AvgIpc) is 2.80. The first-order valence-electron chi connectivity index (χ1n) is 7.96. The second-order valence-electron chi connectivity index (χ2n) is 6.40. The van der Waals surface area contributed by atoms with Gasteiger partial charge in [0.05, 0.1) is 12.6 Å². The highest BCUT2D eigenvalue weighted by atomic mass is 35.5. The Morgan fingerprint density at radius 2 is 1.72 bits per heavy atom. The second kappa shape index (κ2) is 6.50. The molecule has 0 aliphatic carbocycles. The van der Waals surface area contributed by atoms with Crippen LogP contribution in [-0.2, 0) is 10.3 Å². The van der Waals surface area contributed by atoms with Crippen molar-refractivity contribution in [2.75, 3.05) is 6.54 Å². The first-order chi connectivity index (χ1) is 11.8. The van der Waals surface area contributed by atoms with Gasteiger partial charge in [0.2, 0.25) is 0 Å². The van der Waals surface area contributed by atoms with Gasteiger partial charge in [0.25, 0.3) is 5.91 Å². The maximum absolute atomic E-state index is 12.9. The molecule has 2 N–H and O–H groups in total. The van der Waals surface area contributed by atoms with Crippen LogP contribution in [0, 0.1) is 6.92 Å². The quantitative estimate of drug-likeness (QED) is 0.825. The molecule has 0 saturated carbocycles. The van der Waals surface area contributed by atoms with Crippen LogP contribution in [0.25, 0.3) is 0 Å². The Morgan fingerprint density at radius 1 is 1.12 bits per heavy atom. The predicted molar refractivity (Wildman–Crippen MR) is 95.2 cm³/mol. The molecule has 2 aromatic carbocycles. The van der Waals surface area contributed by atoms with Crippen LogP contribution in [0.2, 0.25) is 5.02 Å². The van der Waals surface area contributed by atoms with Crippen LogP contribution >= 0.6 is 11.6 Å². The van der Waals surface area contributed by atoms with E-state index in [-0.39, 0.29) is 12.5 Å². The van der Waals surface area contributed by atoms with E-state index in [1.807, 2.05) is 31.2 Å². The fourth-order valence-electron chi connectivity index (χ4n) is 2.91. The monoisotopic (exact) mass is 358 g/mol. The molecule has 5 nitrogen and oxygen atoms in total. The number of β-amino-alcohol motifs (C(OH)–C–C–N with tert-alkyl or cyclic N) is 1. The van der Waals surface area contributed by atoms with Crippen molar-refractivity contribution in [1.82, 2.24) is 10.2 Å². The molecule has 130 valence electrons. The van der Waals surface area contributed by atoms with Gasteiger partial charge in [0.1, 0.15) is 5.54 Å². The van der Waals surface area contributed by atoms with E-state index in [4.69, 9.17) is 11.6 Å². The Hall–Kier alpha value is -2.37. The molecule has 1 aliphatic heterocycles. The normalized spacial score (nSPS) is 21.4. The summed E-state index contributed by atoms with van der Waals surface area (Å²) in [7, 11) is 0. The Balaban J connectivity index is 1.81. The fraction of sp³-hybridized carbons (Fsp3) is 0.263. The predicted octanol–water partition coefficient (Wildman–Crippen LogP) is 3.15. The maximum atomic E-state index is 12.9. The molecular formula is C19H19ClN2O3. The molecule has 0 radical (unpaired) electrons. The summed E-state index contributed by atoms with van der Waals surface area (Å²) < 4.78 is 0. The van der Waals surface area contributed by atoms with Crippen LogP contribution in [0.1, 0.15) is 29.7 Å². The first-order valence-corrected chi connectivity index (χ1v) is 8.34.